The van der Waals surface area contributed by atoms with Gasteiger partial charge in [0.2, 0.25) is 0 Å². The van der Waals surface area contributed by atoms with Crippen LogP contribution in [0.3, 0.4) is 0 Å². The monoisotopic (exact) mass is 552 g/mol. The molecular weight excluding hydrogens is 516 g/mol. The van der Waals surface area contributed by atoms with Gasteiger partial charge in [0.25, 0.3) is 5.91 Å². The van der Waals surface area contributed by atoms with Crippen LogP contribution in [0.15, 0.2) is 60.9 Å². The van der Waals surface area contributed by atoms with Gasteiger partial charge in [-0.15, -0.1) is 5.10 Å². The maximum Gasteiger partial charge on any atom is 0.341 e. The minimum atomic E-state index is -0.405. The van der Waals surface area contributed by atoms with E-state index in [-0.39, 0.29) is 17.7 Å². The Labute approximate surface area is 240 Å². The fraction of sp³-hybridized carbons (Fsp3) is 0.406. The summed E-state index contributed by atoms with van der Waals surface area (Å²) in [5.74, 6) is -0.0483. The molecule has 1 aliphatic carbocycles. The van der Waals surface area contributed by atoms with Gasteiger partial charge in [-0.3, -0.25) is 9.48 Å². The van der Waals surface area contributed by atoms with Gasteiger partial charge in [0, 0.05) is 43.2 Å². The summed E-state index contributed by atoms with van der Waals surface area (Å²) < 4.78 is 8.63. The van der Waals surface area contributed by atoms with Gasteiger partial charge in [0.05, 0.1) is 30.4 Å². The lowest BCUT2D eigenvalue weighted by Crippen LogP contribution is -2.43. The van der Waals surface area contributed by atoms with Crippen molar-refractivity contribution in [1.29, 1.82) is 0 Å². The summed E-state index contributed by atoms with van der Waals surface area (Å²) in [6, 6.07) is 16.3. The molecule has 3 atom stereocenters. The van der Waals surface area contributed by atoms with E-state index in [1.807, 2.05) is 60.4 Å². The zero-order chi connectivity index (χ0) is 28.5. The van der Waals surface area contributed by atoms with E-state index in [1.165, 1.54) is 13.5 Å². The summed E-state index contributed by atoms with van der Waals surface area (Å²) in [6.07, 6.45) is 9.83. The zero-order valence-electron chi connectivity index (χ0n) is 23.9. The number of esters is 1. The third-order valence-electron chi connectivity index (χ3n) is 8.40. The van der Waals surface area contributed by atoms with E-state index in [2.05, 4.69) is 33.3 Å². The number of hydrogen-bond acceptors (Lipinski definition) is 6. The van der Waals surface area contributed by atoms with E-state index in [4.69, 9.17) is 4.74 Å². The molecule has 2 unspecified atom stereocenters. The van der Waals surface area contributed by atoms with Crippen LogP contribution in [0, 0.1) is 0 Å². The Morgan fingerprint density at radius 3 is 2.61 bits per heavy atom. The van der Waals surface area contributed by atoms with Gasteiger partial charge in [-0.2, -0.15) is 5.10 Å². The van der Waals surface area contributed by atoms with E-state index in [1.54, 1.807) is 10.9 Å². The SMILES string of the molecule is CCC[C@@H]1CCCCN1C(=O)c1cccc(-c2cccc(-n3ncc(C(=O)OC)c3C3CC3c3cn(C)nn3)c2)c1. The van der Waals surface area contributed by atoms with Crippen molar-refractivity contribution < 1.29 is 14.3 Å². The van der Waals surface area contributed by atoms with Crippen molar-refractivity contribution in [2.24, 2.45) is 7.05 Å². The van der Waals surface area contributed by atoms with Gasteiger partial charge in [-0.05, 0) is 67.5 Å². The summed E-state index contributed by atoms with van der Waals surface area (Å²) in [7, 11) is 3.24. The summed E-state index contributed by atoms with van der Waals surface area (Å²) in [5.41, 5.74) is 5.69. The number of benzene rings is 2. The number of likely N-dealkylation sites (tertiary alicyclic amines) is 1. The van der Waals surface area contributed by atoms with Crippen LogP contribution in [-0.2, 0) is 11.8 Å². The number of aryl methyl sites for hydroxylation is 1. The average molecular weight is 553 g/mol. The molecule has 9 heteroatoms. The number of carbonyl (C=O) groups excluding carboxylic acids is 2. The fourth-order valence-corrected chi connectivity index (χ4v) is 6.26. The van der Waals surface area contributed by atoms with Crippen LogP contribution in [0.5, 0.6) is 0 Å². The summed E-state index contributed by atoms with van der Waals surface area (Å²) >= 11 is 0. The zero-order valence-corrected chi connectivity index (χ0v) is 23.9. The third kappa shape index (κ3) is 5.28. The van der Waals surface area contributed by atoms with Crippen molar-refractivity contribution in [3.05, 3.63) is 83.4 Å². The van der Waals surface area contributed by atoms with Gasteiger partial charge < -0.3 is 9.64 Å². The van der Waals surface area contributed by atoms with Crippen LogP contribution < -0.4 is 0 Å². The smallest absolute Gasteiger partial charge is 0.341 e. The number of rotatable bonds is 8. The van der Waals surface area contributed by atoms with E-state index in [0.717, 1.165) is 66.9 Å². The van der Waals surface area contributed by atoms with Crippen molar-refractivity contribution in [3.63, 3.8) is 0 Å². The second-order valence-electron chi connectivity index (χ2n) is 11.2. The molecule has 41 heavy (non-hydrogen) atoms. The normalized spacial score (nSPS) is 20.2. The molecule has 4 aromatic rings. The first kappa shape index (κ1) is 26.9. The first-order valence-corrected chi connectivity index (χ1v) is 14.5. The first-order valence-electron chi connectivity index (χ1n) is 14.5. The number of carbonyl (C=O) groups is 2. The maximum absolute atomic E-state index is 13.6. The first-order chi connectivity index (χ1) is 20.0. The lowest BCUT2D eigenvalue weighted by atomic mass is 9.96. The van der Waals surface area contributed by atoms with E-state index >= 15 is 0 Å². The van der Waals surface area contributed by atoms with Gasteiger partial charge >= 0.3 is 5.97 Å². The van der Waals surface area contributed by atoms with Gasteiger partial charge in [-0.1, -0.05) is 42.8 Å². The topological polar surface area (TPSA) is 95.1 Å². The van der Waals surface area contributed by atoms with E-state index in [0.29, 0.717) is 17.2 Å². The number of ether oxygens (including phenoxy) is 1. The summed E-state index contributed by atoms with van der Waals surface area (Å²) in [4.78, 5) is 28.4. The largest absolute Gasteiger partial charge is 0.465 e. The van der Waals surface area contributed by atoms with Crippen molar-refractivity contribution in [3.8, 4) is 16.8 Å². The molecule has 0 radical (unpaired) electrons. The lowest BCUT2D eigenvalue weighted by molar-refractivity contribution is 0.0592. The highest BCUT2D eigenvalue weighted by Crippen LogP contribution is 2.55. The van der Waals surface area contributed by atoms with Crippen LogP contribution >= 0.6 is 0 Å². The number of aromatic nitrogens is 5. The molecule has 2 aliphatic rings. The Hall–Kier alpha value is -4.27. The Morgan fingerprint density at radius 2 is 1.85 bits per heavy atom. The molecule has 0 bridgehead atoms. The lowest BCUT2D eigenvalue weighted by Gasteiger charge is -2.36. The van der Waals surface area contributed by atoms with Crippen LogP contribution in [0.1, 0.15) is 89.4 Å². The minimum absolute atomic E-state index is 0.0773. The molecule has 9 nitrogen and oxygen atoms in total. The highest BCUT2D eigenvalue weighted by atomic mass is 16.5. The fourth-order valence-electron chi connectivity index (χ4n) is 6.26. The second-order valence-corrected chi connectivity index (χ2v) is 11.2. The van der Waals surface area contributed by atoms with Crippen LogP contribution in [0.25, 0.3) is 16.8 Å². The highest BCUT2D eigenvalue weighted by molar-refractivity contribution is 5.96. The highest BCUT2D eigenvalue weighted by Gasteiger charge is 2.46. The number of nitrogens with zero attached hydrogens (tertiary/aromatic N) is 6. The molecule has 1 amide bonds. The molecule has 0 N–H and O–H groups in total. The summed E-state index contributed by atoms with van der Waals surface area (Å²) in [5, 5.41) is 13.0. The van der Waals surface area contributed by atoms with E-state index in [9.17, 15) is 9.59 Å². The molecule has 212 valence electrons. The molecule has 1 saturated heterocycles. The third-order valence-corrected chi connectivity index (χ3v) is 8.40. The Balaban J connectivity index is 1.31. The molecule has 0 spiro atoms. The van der Waals surface area contributed by atoms with E-state index < -0.39 is 5.97 Å². The van der Waals surface area contributed by atoms with Crippen LogP contribution in [0.4, 0.5) is 0 Å². The van der Waals surface area contributed by atoms with Crippen molar-refractivity contribution in [1.82, 2.24) is 29.7 Å². The van der Waals surface area contributed by atoms with Crippen LogP contribution in [0.2, 0.25) is 0 Å². The standard InChI is InChI=1S/C32H36N6O3/c1-4-9-24-13-5-6-15-37(24)31(39)23-12-7-10-21(16-23)22-11-8-14-25(17-22)38-30(28(19-33-38)32(40)41-3)27-18-26(27)29-20-36(2)35-34-29/h7-8,10-12,14,16-17,19-20,24,26-27H,4-6,9,13,15,18H2,1-3H3/t24-,26?,27?/m1/s1. The number of methoxy groups -OCH3 is 1. The Bertz CT molecular complexity index is 1570. The molecular formula is C32H36N6O3. The average Bonchev–Trinajstić information content (AvgIpc) is 3.46. The van der Waals surface area contributed by atoms with Gasteiger partial charge in [-0.25, -0.2) is 9.48 Å². The van der Waals surface area contributed by atoms with Gasteiger partial charge in [0.1, 0.15) is 5.56 Å². The molecule has 3 heterocycles. The van der Waals surface area contributed by atoms with Crippen molar-refractivity contribution in [2.45, 2.75) is 63.3 Å². The van der Waals surface area contributed by atoms with Crippen LogP contribution in [-0.4, -0.2) is 61.2 Å². The van der Waals surface area contributed by atoms with Crippen molar-refractivity contribution >= 4 is 11.9 Å². The molecule has 1 saturated carbocycles. The quantitative estimate of drug-likeness (QED) is 0.267. The van der Waals surface area contributed by atoms with Gasteiger partial charge in [0.15, 0.2) is 0 Å². The number of hydrogen-bond donors (Lipinski definition) is 0. The Morgan fingerprint density at radius 1 is 1.05 bits per heavy atom. The molecule has 2 aromatic carbocycles. The molecule has 2 aromatic heterocycles. The summed E-state index contributed by atoms with van der Waals surface area (Å²) in [6.45, 7) is 3.01. The molecule has 2 fully saturated rings. The molecule has 1 aliphatic heterocycles. The predicted molar refractivity (Wildman–Crippen MR) is 155 cm³/mol. The van der Waals surface area contributed by atoms with Crippen molar-refractivity contribution in [2.75, 3.05) is 13.7 Å². The number of amides is 1. The maximum atomic E-state index is 13.6. The Kier molecular flexibility index (Phi) is 7.43. The minimum Gasteiger partial charge on any atom is -0.465 e. The second kappa shape index (κ2) is 11.3. The predicted octanol–water partition coefficient (Wildman–Crippen LogP) is 5.52. The molecule has 6 rings (SSSR count). The number of piperidine rings is 1.